The van der Waals surface area contributed by atoms with E-state index in [1.165, 1.54) is 19.2 Å². The SMILES string of the molecule is COc1cc(F)ccc1OC1CN(C(C)(CI)CCC(C#N)(c2ccccc2)c2ccccc2)C1. The molecule has 1 atom stereocenters. The monoisotopic (exact) mass is 584 g/mol. The summed E-state index contributed by atoms with van der Waals surface area (Å²) < 4.78 is 25.8. The smallest absolute Gasteiger partial charge is 0.163 e. The summed E-state index contributed by atoms with van der Waals surface area (Å²) in [7, 11) is 1.52. The second-order valence-corrected chi connectivity index (χ2v) is 10.1. The van der Waals surface area contributed by atoms with Crippen LogP contribution in [0.2, 0.25) is 0 Å². The van der Waals surface area contributed by atoms with Crippen molar-refractivity contribution in [1.82, 2.24) is 4.90 Å². The largest absolute Gasteiger partial charge is 0.493 e. The van der Waals surface area contributed by atoms with Gasteiger partial charge in [0.05, 0.1) is 13.2 Å². The Balaban J connectivity index is 1.49. The molecule has 3 aromatic rings. The Morgan fingerprint density at radius 1 is 0.971 bits per heavy atom. The summed E-state index contributed by atoms with van der Waals surface area (Å²) >= 11 is 2.45. The minimum absolute atomic E-state index is 0.0145. The highest BCUT2D eigenvalue weighted by atomic mass is 127. The minimum atomic E-state index is -0.710. The maximum absolute atomic E-state index is 13.5. The summed E-state index contributed by atoms with van der Waals surface area (Å²) in [4.78, 5) is 2.43. The lowest BCUT2D eigenvalue weighted by atomic mass is 9.70. The molecule has 0 radical (unpaired) electrons. The summed E-state index contributed by atoms with van der Waals surface area (Å²) in [6, 6.07) is 27.3. The van der Waals surface area contributed by atoms with Gasteiger partial charge in [0.15, 0.2) is 11.5 Å². The molecule has 0 amide bonds. The first-order valence-corrected chi connectivity index (χ1v) is 13.3. The summed E-state index contributed by atoms with van der Waals surface area (Å²) in [6.07, 6.45) is 1.59. The molecule has 3 aromatic carbocycles. The average Bonchev–Trinajstić information content (AvgIpc) is 2.88. The molecule has 4 nitrogen and oxygen atoms in total. The first-order valence-electron chi connectivity index (χ1n) is 11.8. The van der Waals surface area contributed by atoms with Crippen LogP contribution in [0.3, 0.4) is 0 Å². The fourth-order valence-electron chi connectivity index (χ4n) is 4.72. The summed E-state index contributed by atoms with van der Waals surface area (Å²) in [5.41, 5.74) is 1.26. The first kappa shape index (κ1) is 25.5. The maximum Gasteiger partial charge on any atom is 0.163 e. The van der Waals surface area contributed by atoms with Gasteiger partial charge in [0.2, 0.25) is 0 Å². The predicted molar refractivity (Wildman–Crippen MR) is 145 cm³/mol. The number of rotatable bonds is 10. The average molecular weight is 584 g/mol. The van der Waals surface area contributed by atoms with Crippen LogP contribution in [0.1, 0.15) is 30.9 Å². The standard InChI is InChI=1S/C29H30FIN2O2/c1-28(20-31,33-18-25(19-33)35-26-14-13-24(30)17-27(26)34-2)15-16-29(21-32,22-9-5-3-6-10-22)23-11-7-4-8-12-23/h3-14,17,25H,15-16,18-20H2,1-2H3. The zero-order chi connectivity index (χ0) is 24.9. The molecule has 0 aliphatic carbocycles. The van der Waals surface area contributed by atoms with Gasteiger partial charge < -0.3 is 9.47 Å². The number of alkyl halides is 1. The van der Waals surface area contributed by atoms with E-state index < -0.39 is 5.41 Å². The molecule has 182 valence electrons. The maximum atomic E-state index is 13.5. The molecule has 1 unspecified atom stereocenters. The molecule has 4 rings (SSSR count). The van der Waals surface area contributed by atoms with Gasteiger partial charge in [-0.05, 0) is 43.0 Å². The predicted octanol–water partition coefficient (Wildman–Crippen LogP) is 6.38. The van der Waals surface area contributed by atoms with Crippen molar-refractivity contribution >= 4 is 22.6 Å². The van der Waals surface area contributed by atoms with E-state index in [2.05, 4.69) is 64.7 Å². The fraction of sp³-hybridized carbons (Fsp3) is 0.345. The number of nitrogens with zero attached hydrogens (tertiary/aromatic N) is 2. The van der Waals surface area contributed by atoms with Gasteiger partial charge in [0.1, 0.15) is 17.3 Å². The lowest BCUT2D eigenvalue weighted by molar-refractivity contribution is -0.0441. The van der Waals surface area contributed by atoms with Crippen LogP contribution in [0.15, 0.2) is 78.9 Å². The van der Waals surface area contributed by atoms with Gasteiger partial charge in [-0.15, -0.1) is 0 Å². The van der Waals surface area contributed by atoms with Crippen molar-refractivity contribution in [3.8, 4) is 17.6 Å². The van der Waals surface area contributed by atoms with Gasteiger partial charge in [0, 0.05) is 29.1 Å². The molecule has 1 heterocycles. The highest BCUT2D eigenvalue weighted by Crippen LogP contribution is 2.41. The molecule has 6 heteroatoms. The molecule has 0 N–H and O–H groups in total. The number of benzene rings is 3. The Morgan fingerprint density at radius 3 is 2.09 bits per heavy atom. The molecule has 0 spiro atoms. The summed E-state index contributed by atoms with van der Waals surface area (Å²) in [5, 5.41) is 10.5. The van der Waals surface area contributed by atoms with Crippen LogP contribution in [-0.2, 0) is 5.41 Å². The number of hydrogen-bond acceptors (Lipinski definition) is 4. The molecule has 0 saturated carbocycles. The van der Waals surface area contributed by atoms with E-state index in [9.17, 15) is 9.65 Å². The third-order valence-electron chi connectivity index (χ3n) is 7.08. The van der Waals surface area contributed by atoms with E-state index in [-0.39, 0.29) is 17.5 Å². The number of hydrogen-bond donors (Lipinski definition) is 0. The van der Waals surface area contributed by atoms with E-state index in [1.807, 2.05) is 36.4 Å². The van der Waals surface area contributed by atoms with Crippen LogP contribution < -0.4 is 9.47 Å². The second-order valence-electron chi connectivity index (χ2n) is 9.32. The first-order chi connectivity index (χ1) is 16.9. The van der Waals surface area contributed by atoms with Crippen molar-refractivity contribution in [2.75, 3.05) is 24.6 Å². The Kier molecular flexibility index (Phi) is 7.98. The van der Waals surface area contributed by atoms with Crippen LogP contribution in [0.5, 0.6) is 11.5 Å². The number of ether oxygens (including phenoxy) is 2. The second kappa shape index (κ2) is 11.0. The Morgan fingerprint density at radius 2 is 1.57 bits per heavy atom. The summed E-state index contributed by atoms with van der Waals surface area (Å²) in [5.74, 6) is 0.621. The number of methoxy groups -OCH3 is 1. The van der Waals surface area contributed by atoms with Crippen LogP contribution in [0, 0.1) is 17.1 Å². The van der Waals surface area contributed by atoms with Crippen molar-refractivity contribution in [1.29, 1.82) is 5.26 Å². The van der Waals surface area contributed by atoms with Gasteiger partial charge >= 0.3 is 0 Å². The molecule has 1 saturated heterocycles. The molecular formula is C29H30FIN2O2. The molecule has 1 aliphatic rings. The van der Waals surface area contributed by atoms with Crippen LogP contribution in [0.25, 0.3) is 0 Å². The van der Waals surface area contributed by atoms with Gasteiger partial charge in [0.25, 0.3) is 0 Å². The van der Waals surface area contributed by atoms with Crippen molar-refractivity contribution in [3.05, 3.63) is 95.8 Å². The lowest BCUT2D eigenvalue weighted by Gasteiger charge is -2.50. The quantitative estimate of drug-likeness (QED) is 0.205. The number of likely N-dealkylation sites (tertiary alicyclic amines) is 1. The van der Waals surface area contributed by atoms with Crippen molar-refractivity contribution in [3.63, 3.8) is 0 Å². The number of halogens is 2. The van der Waals surface area contributed by atoms with Gasteiger partial charge in [-0.3, -0.25) is 4.90 Å². The molecular weight excluding hydrogens is 554 g/mol. The summed E-state index contributed by atoms with van der Waals surface area (Å²) in [6.45, 7) is 3.82. The van der Waals surface area contributed by atoms with Crippen molar-refractivity contribution < 1.29 is 13.9 Å². The highest BCUT2D eigenvalue weighted by Gasteiger charge is 2.44. The Labute approximate surface area is 220 Å². The minimum Gasteiger partial charge on any atom is -0.493 e. The normalized spacial score (nSPS) is 16.1. The van der Waals surface area contributed by atoms with E-state index in [4.69, 9.17) is 9.47 Å². The lowest BCUT2D eigenvalue weighted by Crippen LogP contribution is -2.63. The fourth-order valence-corrected chi connectivity index (χ4v) is 5.59. The van der Waals surface area contributed by atoms with Gasteiger partial charge in [-0.25, -0.2) is 4.39 Å². The van der Waals surface area contributed by atoms with Gasteiger partial charge in [-0.2, -0.15) is 5.26 Å². The third-order valence-corrected chi connectivity index (χ3v) is 8.72. The van der Waals surface area contributed by atoms with Crippen LogP contribution in [0.4, 0.5) is 4.39 Å². The van der Waals surface area contributed by atoms with Crippen LogP contribution >= 0.6 is 22.6 Å². The molecule has 1 aliphatic heterocycles. The van der Waals surface area contributed by atoms with E-state index in [0.717, 1.165) is 35.1 Å². The Bertz CT molecular complexity index is 1120. The molecule has 1 fully saturated rings. The van der Waals surface area contributed by atoms with Crippen molar-refractivity contribution in [2.45, 2.75) is 36.8 Å². The topological polar surface area (TPSA) is 45.5 Å². The molecule has 0 bridgehead atoms. The molecule has 35 heavy (non-hydrogen) atoms. The third kappa shape index (κ3) is 5.31. The van der Waals surface area contributed by atoms with Gasteiger partial charge in [-0.1, -0.05) is 83.3 Å². The highest BCUT2D eigenvalue weighted by molar-refractivity contribution is 14.1. The molecule has 0 aromatic heterocycles. The Hall–Kier alpha value is -2.63. The van der Waals surface area contributed by atoms with Crippen molar-refractivity contribution in [2.24, 2.45) is 0 Å². The van der Waals surface area contributed by atoms with E-state index in [1.54, 1.807) is 6.07 Å². The zero-order valence-corrected chi connectivity index (χ0v) is 22.2. The number of nitriles is 1. The van der Waals surface area contributed by atoms with E-state index in [0.29, 0.717) is 17.9 Å². The zero-order valence-electron chi connectivity index (χ0n) is 20.1. The van der Waals surface area contributed by atoms with Crippen LogP contribution in [-0.4, -0.2) is 41.2 Å². The van der Waals surface area contributed by atoms with E-state index >= 15 is 0 Å².